The van der Waals surface area contributed by atoms with E-state index >= 15 is 0 Å². The average Bonchev–Trinajstić information content (AvgIpc) is 2.04. The molecule has 1 saturated carbocycles. The molecule has 0 bridgehead atoms. The van der Waals surface area contributed by atoms with E-state index in [1.165, 1.54) is 5.57 Å². The molecular weight excluding hydrogens is 140 g/mol. The fourth-order valence-electron chi connectivity index (χ4n) is 1.55. The Kier molecular flexibility index (Phi) is 1.53. The third kappa shape index (κ3) is 1.20. The Hall–Kier alpha value is -1.05. The summed E-state index contributed by atoms with van der Waals surface area (Å²) in [6, 6.07) is 0. The lowest BCUT2D eigenvalue weighted by atomic mass is 9.84. The molecule has 0 aromatic heterocycles. The van der Waals surface area contributed by atoms with Gasteiger partial charge in [-0.3, -0.25) is 4.79 Å². The summed E-state index contributed by atoms with van der Waals surface area (Å²) in [5.41, 5.74) is 1.27. The smallest absolute Gasteiger partial charge is 0.134 e. The van der Waals surface area contributed by atoms with Crippen LogP contribution in [-0.4, -0.2) is 5.78 Å². The first-order chi connectivity index (χ1) is 5.36. The Labute approximate surface area is 65.5 Å². The van der Waals surface area contributed by atoms with Crippen molar-refractivity contribution in [3.8, 4) is 0 Å². The van der Waals surface area contributed by atoms with E-state index in [1.54, 1.807) is 12.5 Å². The van der Waals surface area contributed by atoms with Gasteiger partial charge >= 0.3 is 0 Å². The zero-order valence-electron chi connectivity index (χ0n) is 6.25. The second-order valence-electron chi connectivity index (χ2n) is 3.01. The zero-order chi connectivity index (χ0) is 7.68. The van der Waals surface area contributed by atoms with Crippen LogP contribution in [0.25, 0.3) is 0 Å². The van der Waals surface area contributed by atoms with Gasteiger partial charge in [0, 0.05) is 18.8 Å². The Balaban J connectivity index is 2.16. The van der Waals surface area contributed by atoms with Gasteiger partial charge in [-0.05, 0) is 18.1 Å². The fraction of sp³-hybridized carbons (Fsp3) is 0.444. The van der Waals surface area contributed by atoms with Crippen LogP contribution < -0.4 is 0 Å². The monoisotopic (exact) mass is 150 g/mol. The molecule has 1 fully saturated rings. The molecule has 0 spiro atoms. The van der Waals surface area contributed by atoms with Gasteiger partial charge in [0.1, 0.15) is 5.78 Å². The maximum atomic E-state index is 11.0. The molecule has 2 nitrogen and oxygen atoms in total. The summed E-state index contributed by atoms with van der Waals surface area (Å²) in [6.45, 7) is 0. The van der Waals surface area contributed by atoms with Gasteiger partial charge in [0.25, 0.3) is 0 Å². The molecule has 2 rings (SSSR count). The predicted octanol–water partition coefficient (Wildman–Crippen LogP) is 1.78. The average molecular weight is 150 g/mol. The molecule has 2 heteroatoms. The van der Waals surface area contributed by atoms with E-state index < -0.39 is 0 Å². The first-order valence-corrected chi connectivity index (χ1v) is 3.89. The molecule has 0 radical (unpaired) electrons. The molecule has 1 aliphatic heterocycles. The van der Waals surface area contributed by atoms with Crippen LogP contribution in [0.3, 0.4) is 0 Å². The van der Waals surface area contributed by atoms with Crippen LogP contribution in [0, 0.1) is 5.92 Å². The summed E-state index contributed by atoms with van der Waals surface area (Å²) in [5.74, 6) is 0.712. The predicted molar refractivity (Wildman–Crippen MR) is 40.7 cm³/mol. The highest BCUT2D eigenvalue weighted by atomic mass is 16.5. The number of carbonyl (C=O) groups is 1. The number of ketones is 1. The Morgan fingerprint density at radius 1 is 1.45 bits per heavy atom. The van der Waals surface area contributed by atoms with Gasteiger partial charge in [0.2, 0.25) is 0 Å². The third-order valence-corrected chi connectivity index (χ3v) is 2.23. The second-order valence-corrected chi connectivity index (χ2v) is 3.01. The minimum Gasteiger partial charge on any atom is -0.473 e. The fourth-order valence-corrected chi connectivity index (χ4v) is 1.55. The summed E-state index contributed by atoms with van der Waals surface area (Å²) in [5, 5.41) is 0. The highest BCUT2D eigenvalue weighted by molar-refractivity contribution is 5.80. The molecule has 1 heterocycles. The van der Waals surface area contributed by atoms with E-state index in [1.807, 2.05) is 6.08 Å². The molecule has 1 unspecified atom stereocenters. The molecule has 0 aromatic carbocycles. The van der Waals surface area contributed by atoms with E-state index in [2.05, 4.69) is 0 Å². The number of fused-ring (bicyclic) bond motifs is 1. The number of rotatable bonds is 0. The summed E-state index contributed by atoms with van der Waals surface area (Å²) in [7, 11) is 0. The second kappa shape index (κ2) is 2.53. The summed E-state index contributed by atoms with van der Waals surface area (Å²) in [6.07, 6.45) is 7.65. The minimum atomic E-state index is 0.338. The van der Waals surface area contributed by atoms with Gasteiger partial charge in [-0.2, -0.15) is 0 Å². The minimum absolute atomic E-state index is 0.338. The van der Waals surface area contributed by atoms with E-state index in [0.717, 1.165) is 6.42 Å². The zero-order valence-corrected chi connectivity index (χ0v) is 6.25. The van der Waals surface area contributed by atoms with Gasteiger partial charge < -0.3 is 4.74 Å². The molecule has 11 heavy (non-hydrogen) atoms. The van der Waals surface area contributed by atoms with Crippen LogP contribution >= 0.6 is 0 Å². The largest absolute Gasteiger partial charge is 0.473 e. The van der Waals surface area contributed by atoms with Crippen LogP contribution in [0.2, 0.25) is 0 Å². The number of hydrogen-bond acceptors (Lipinski definition) is 2. The van der Waals surface area contributed by atoms with Gasteiger partial charge in [0.15, 0.2) is 0 Å². The van der Waals surface area contributed by atoms with Crippen molar-refractivity contribution < 1.29 is 9.53 Å². The normalized spacial score (nSPS) is 28.9. The molecule has 0 amide bonds. The van der Waals surface area contributed by atoms with Crippen LogP contribution in [0.4, 0.5) is 0 Å². The Bertz CT molecular complexity index is 238. The van der Waals surface area contributed by atoms with Gasteiger partial charge in [-0.1, -0.05) is 0 Å². The van der Waals surface area contributed by atoms with E-state index in [-0.39, 0.29) is 0 Å². The first kappa shape index (κ1) is 6.65. The van der Waals surface area contributed by atoms with Crippen molar-refractivity contribution in [2.24, 2.45) is 5.92 Å². The van der Waals surface area contributed by atoms with Gasteiger partial charge in [0.05, 0.1) is 12.5 Å². The lowest BCUT2D eigenvalue weighted by Gasteiger charge is -2.23. The van der Waals surface area contributed by atoms with Gasteiger partial charge in [-0.15, -0.1) is 0 Å². The van der Waals surface area contributed by atoms with E-state index in [9.17, 15) is 4.79 Å². The maximum Gasteiger partial charge on any atom is 0.134 e. The topological polar surface area (TPSA) is 26.3 Å². The molecule has 1 aliphatic carbocycles. The van der Waals surface area contributed by atoms with Crippen molar-refractivity contribution in [3.63, 3.8) is 0 Å². The van der Waals surface area contributed by atoms with Crippen molar-refractivity contribution in [1.82, 2.24) is 0 Å². The molecule has 0 N–H and O–H groups in total. The van der Waals surface area contributed by atoms with Crippen LogP contribution in [0.5, 0.6) is 0 Å². The van der Waals surface area contributed by atoms with Crippen LogP contribution in [0.1, 0.15) is 19.3 Å². The first-order valence-electron chi connectivity index (χ1n) is 3.89. The highest BCUT2D eigenvalue weighted by Gasteiger charge is 2.23. The molecule has 0 saturated heterocycles. The van der Waals surface area contributed by atoms with Crippen LogP contribution in [-0.2, 0) is 9.53 Å². The van der Waals surface area contributed by atoms with Gasteiger partial charge in [-0.25, -0.2) is 0 Å². The summed E-state index contributed by atoms with van der Waals surface area (Å²) in [4.78, 5) is 11.0. The number of ether oxygens (including phenoxy) is 1. The summed E-state index contributed by atoms with van der Waals surface area (Å²) >= 11 is 0. The molecule has 58 valence electrons. The Morgan fingerprint density at radius 3 is 3.27 bits per heavy atom. The van der Waals surface area contributed by atoms with Crippen molar-refractivity contribution in [2.75, 3.05) is 0 Å². The summed E-state index contributed by atoms with van der Waals surface area (Å²) < 4.78 is 5.02. The maximum absolute atomic E-state index is 11.0. The van der Waals surface area contributed by atoms with Crippen molar-refractivity contribution in [3.05, 3.63) is 24.2 Å². The van der Waals surface area contributed by atoms with E-state index in [4.69, 9.17) is 4.74 Å². The lowest BCUT2D eigenvalue weighted by Crippen LogP contribution is -2.17. The quantitative estimate of drug-likeness (QED) is 0.526. The number of allylic oxidation sites excluding steroid dienone is 2. The number of carbonyl (C=O) groups excluding carboxylic acids is 1. The van der Waals surface area contributed by atoms with Crippen molar-refractivity contribution >= 4 is 5.78 Å². The SMILES string of the molecule is O=C1CCC2=COC=CC2C1. The van der Waals surface area contributed by atoms with Crippen LogP contribution in [0.15, 0.2) is 24.2 Å². The standard InChI is InChI=1S/C9H10O2/c10-9-2-1-8-6-11-4-3-7(8)5-9/h3-4,6-7H,1-2,5H2. The Morgan fingerprint density at radius 2 is 2.36 bits per heavy atom. The highest BCUT2D eigenvalue weighted by Crippen LogP contribution is 2.30. The molecule has 1 atom stereocenters. The van der Waals surface area contributed by atoms with E-state index in [0.29, 0.717) is 24.5 Å². The molecule has 0 aromatic rings. The third-order valence-electron chi connectivity index (χ3n) is 2.23. The van der Waals surface area contributed by atoms with Crippen molar-refractivity contribution in [1.29, 1.82) is 0 Å². The number of Topliss-reactive ketones (excluding diaryl/α,β-unsaturated/α-hetero) is 1. The number of hydrogen-bond donors (Lipinski definition) is 0. The molecule has 2 aliphatic rings. The molecular formula is C9H10O2. The lowest BCUT2D eigenvalue weighted by molar-refractivity contribution is -0.120. The van der Waals surface area contributed by atoms with Crippen molar-refractivity contribution in [2.45, 2.75) is 19.3 Å².